The van der Waals surface area contributed by atoms with Gasteiger partial charge in [0, 0.05) is 37.3 Å². The molecule has 0 radical (unpaired) electrons. The number of halogens is 3. The first-order valence-electron chi connectivity index (χ1n) is 10.5. The van der Waals surface area contributed by atoms with Crippen LogP contribution >= 0.6 is 35.6 Å². The molecular weight excluding hydrogens is 522 g/mol. The zero-order valence-electron chi connectivity index (χ0n) is 17.4. The highest BCUT2D eigenvalue weighted by atomic mass is 127. The minimum absolute atomic E-state index is 0. The number of morpholine rings is 1. The van der Waals surface area contributed by atoms with E-state index in [1.54, 1.807) is 19.2 Å². The molecule has 9 heteroatoms. The van der Waals surface area contributed by atoms with Crippen LogP contribution in [-0.4, -0.2) is 68.5 Å². The first kappa shape index (κ1) is 24.0. The molecule has 168 valence electrons. The van der Waals surface area contributed by atoms with Gasteiger partial charge in [-0.05, 0) is 38.3 Å². The monoisotopic (exact) mass is 552 g/mol. The molecule has 1 aromatic carbocycles. The van der Waals surface area contributed by atoms with Crippen LogP contribution in [0.4, 0.5) is 4.39 Å². The maximum atomic E-state index is 14.8. The Bertz CT molecular complexity index is 735. The number of aliphatic imine (C=N–C) groups is 1. The number of hydrogen-bond acceptors (Lipinski definition) is 4. The second-order valence-corrected chi connectivity index (χ2v) is 8.55. The molecule has 0 spiro atoms. The summed E-state index contributed by atoms with van der Waals surface area (Å²) in [5.41, 5.74) is 0.523. The number of rotatable bonds is 5. The molecule has 0 amide bonds. The Labute approximate surface area is 199 Å². The van der Waals surface area contributed by atoms with Gasteiger partial charge in [-0.15, -0.1) is 24.0 Å². The van der Waals surface area contributed by atoms with Gasteiger partial charge < -0.3 is 20.1 Å². The topological polar surface area (TPSA) is 58.1 Å². The normalized spacial score (nSPS) is 30.1. The second kappa shape index (κ2) is 10.8. The maximum Gasteiger partial charge on any atom is 0.191 e. The average Bonchev–Trinajstić information content (AvgIpc) is 3.32. The van der Waals surface area contributed by atoms with Crippen LogP contribution in [0.5, 0.6) is 0 Å². The number of nitrogens with one attached hydrogen (secondary N) is 2. The van der Waals surface area contributed by atoms with Crippen LogP contribution in [0.1, 0.15) is 37.8 Å². The number of guanidine groups is 1. The van der Waals surface area contributed by atoms with Gasteiger partial charge in [-0.25, -0.2) is 4.39 Å². The lowest BCUT2D eigenvalue weighted by Gasteiger charge is -2.38. The van der Waals surface area contributed by atoms with E-state index in [0.717, 1.165) is 32.4 Å². The van der Waals surface area contributed by atoms with E-state index in [1.165, 1.54) is 6.07 Å². The van der Waals surface area contributed by atoms with Gasteiger partial charge in [-0.1, -0.05) is 17.7 Å². The van der Waals surface area contributed by atoms with E-state index in [4.69, 9.17) is 21.1 Å². The minimum Gasteiger partial charge on any atom is -0.376 e. The van der Waals surface area contributed by atoms with E-state index in [1.807, 2.05) is 6.92 Å². The van der Waals surface area contributed by atoms with Gasteiger partial charge in [-0.3, -0.25) is 9.89 Å². The highest BCUT2D eigenvalue weighted by molar-refractivity contribution is 14.0. The molecule has 0 aliphatic carbocycles. The van der Waals surface area contributed by atoms with Crippen molar-refractivity contribution in [2.24, 2.45) is 4.99 Å². The van der Waals surface area contributed by atoms with Gasteiger partial charge in [0.2, 0.25) is 0 Å². The molecule has 5 atom stereocenters. The van der Waals surface area contributed by atoms with Crippen LogP contribution in [0.2, 0.25) is 5.02 Å². The molecule has 2 N–H and O–H groups in total. The van der Waals surface area contributed by atoms with Crippen molar-refractivity contribution in [3.05, 3.63) is 34.6 Å². The van der Waals surface area contributed by atoms with E-state index in [-0.39, 0.29) is 54.1 Å². The summed E-state index contributed by atoms with van der Waals surface area (Å²) in [4.78, 5) is 6.61. The summed E-state index contributed by atoms with van der Waals surface area (Å²) in [5, 5.41) is 7.33. The van der Waals surface area contributed by atoms with Gasteiger partial charge in [-0.2, -0.15) is 0 Å². The number of benzene rings is 1. The van der Waals surface area contributed by atoms with Gasteiger partial charge in [0.25, 0.3) is 0 Å². The lowest BCUT2D eigenvalue weighted by Crippen LogP contribution is -2.51. The number of hydrogen-bond donors (Lipinski definition) is 2. The standard InChI is InChI=1S/C21H30ClFN4O2.HI/c1-13-12-27(8-9-28-13)18(20-15(22)4-3-5-16(20)23)11-25-21(24-2)26-17-10-14-6-7-19(17)29-14;/h3-5,13-14,17-19H,6-12H2,1-2H3,(H2,24,25,26);1H. The van der Waals surface area contributed by atoms with Gasteiger partial charge in [0.1, 0.15) is 5.82 Å². The van der Waals surface area contributed by atoms with E-state index in [0.29, 0.717) is 35.8 Å². The Morgan fingerprint density at radius 1 is 1.40 bits per heavy atom. The summed E-state index contributed by atoms with van der Waals surface area (Å²) in [6.45, 7) is 4.61. The molecule has 3 aliphatic heterocycles. The van der Waals surface area contributed by atoms with E-state index < -0.39 is 0 Å². The Hall–Kier alpha value is -0.680. The molecule has 3 aliphatic rings. The van der Waals surface area contributed by atoms with Crippen molar-refractivity contribution in [2.75, 3.05) is 33.3 Å². The predicted molar refractivity (Wildman–Crippen MR) is 127 cm³/mol. The van der Waals surface area contributed by atoms with Crippen molar-refractivity contribution in [2.45, 2.75) is 56.6 Å². The van der Waals surface area contributed by atoms with Crippen molar-refractivity contribution in [1.82, 2.24) is 15.5 Å². The zero-order chi connectivity index (χ0) is 20.4. The van der Waals surface area contributed by atoms with Crippen molar-refractivity contribution < 1.29 is 13.9 Å². The Balaban J connectivity index is 0.00000256. The number of fused-ring (bicyclic) bond motifs is 2. The summed E-state index contributed by atoms with van der Waals surface area (Å²) >= 11 is 6.42. The maximum absolute atomic E-state index is 14.8. The molecule has 0 aromatic heterocycles. The molecule has 3 saturated heterocycles. The van der Waals surface area contributed by atoms with Crippen molar-refractivity contribution in [3.8, 4) is 0 Å². The minimum atomic E-state index is -0.284. The molecule has 2 bridgehead atoms. The molecule has 5 unspecified atom stereocenters. The smallest absolute Gasteiger partial charge is 0.191 e. The van der Waals surface area contributed by atoms with Crippen LogP contribution in [0.25, 0.3) is 0 Å². The zero-order valence-corrected chi connectivity index (χ0v) is 20.5. The fourth-order valence-corrected chi connectivity index (χ4v) is 5.01. The van der Waals surface area contributed by atoms with E-state index >= 15 is 0 Å². The molecule has 3 fully saturated rings. The van der Waals surface area contributed by atoms with Gasteiger partial charge in [0.15, 0.2) is 5.96 Å². The first-order valence-corrected chi connectivity index (χ1v) is 10.8. The first-order chi connectivity index (χ1) is 14.0. The average molecular weight is 553 g/mol. The number of ether oxygens (including phenoxy) is 2. The highest BCUT2D eigenvalue weighted by Crippen LogP contribution is 2.34. The molecular formula is C21H31ClFIN4O2. The SMILES string of the molecule is CN=C(NCC(c1c(F)cccc1Cl)N1CCOC(C)C1)NC1CC2CCC1O2.I. The van der Waals surface area contributed by atoms with Crippen LogP contribution in [-0.2, 0) is 9.47 Å². The third-order valence-electron chi connectivity index (χ3n) is 6.16. The fourth-order valence-electron chi connectivity index (χ4n) is 4.72. The molecule has 1 aromatic rings. The van der Waals surface area contributed by atoms with Crippen molar-refractivity contribution in [1.29, 1.82) is 0 Å². The molecule has 6 nitrogen and oxygen atoms in total. The van der Waals surface area contributed by atoms with Crippen molar-refractivity contribution in [3.63, 3.8) is 0 Å². The summed E-state index contributed by atoms with van der Waals surface area (Å²) in [6.07, 6.45) is 3.98. The Kier molecular flexibility index (Phi) is 8.60. The van der Waals surface area contributed by atoms with Crippen LogP contribution in [0.15, 0.2) is 23.2 Å². The summed E-state index contributed by atoms with van der Waals surface area (Å²) in [5.74, 6) is 0.429. The second-order valence-electron chi connectivity index (χ2n) is 8.14. The molecule has 3 heterocycles. The van der Waals surface area contributed by atoms with E-state index in [9.17, 15) is 4.39 Å². The summed E-state index contributed by atoms with van der Waals surface area (Å²) in [6, 6.07) is 4.92. The third kappa shape index (κ3) is 5.38. The summed E-state index contributed by atoms with van der Waals surface area (Å²) in [7, 11) is 1.76. The largest absolute Gasteiger partial charge is 0.376 e. The number of nitrogens with zero attached hydrogens (tertiary/aromatic N) is 2. The fraction of sp³-hybridized carbons (Fsp3) is 0.667. The van der Waals surface area contributed by atoms with Gasteiger partial charge >= 0.3 is 0 Å². The quantitative estimate of drug-likeness (QED) is 0.333. The molecule has 30 heavy (non-hydrogen) atoms. The Morgan fingerprint density at radius 2 is 2.23 bits per heavy atom. The molecule has 4 rings (SSSR count). The van der Waals surface area contributed by atoms with Crippen LogP contribution in [0, 0.1) is 5.82 Å². The van der Waals surface area contributed by atoms with Gasteiger partial charge in [0.05, 0.1) is 37.0 Å². The lowest BCUT2D eigenvalue weighted by atomic mass is 9.96. The lowest BCUT2D eigenvalue weighted by molar-refractivity contribution is -0.0343. The Morgan fingerprint density at radius 3 is 2.87 bits per heavy atom. The van der Waals surface area contributed by atoms with E-state index in [2.05, 4.69) is 20.5 Å². The van der Waals surface area contributed by atoms with Crippen LogP contribution in [0.3, 0.4) is 0 Å². The van der Waals surface area contributed by atoms with Crippen molar-refractivity contribution >= 4 is 41.5 Å². The predicted octanol–water partition coefficient (Wildman–Crippen LogP) is 3.34. The third-order valence-corrected chi connectivity index (χ3v) is 6.49. The highest BCUT2D eigenvalue weighted by Gasteiger charge is 2.41. The van der Waals surface area contributed by atoms with Crippen LogP contribution < -0.4 is 10.6 Å². The summed E-state index contributed by atoms with van der Waals surface area (Å²) < 4.78 is 26.4. The molecule has 0 saturated carbocycles.